The number of hydrogen-bond acceptors (Lipinski definition) is 6. The molecule has 1 atom stereocenters. The Morgan fingerprint density at radius 1 is 1.22 bits per heavy atom. The van der Waals surface area contributed by atoms with E-state index in [1.54, 1.807) is 19.2 Å². The molecule has 1 saturated heterocycles. The molecule has 0 radical (unpaired) electrons. The first-order chi connectivity index (χ1) is 13.2. The molecule has 8 heteroatoms. The summed E-state index contributed by atoms with van der Waals surface area (Å²) in [4.78, 5) is 11.9. The van der Waals surface area contributed by atoms with Gasteiger partial charge in [-0.2, -0.15) is 0 Å². The Labute approximate surface area is 165 Å². The number of benzene rings is 2. The smallest absolute Gasteiger partial charge is 0.319 e. The van der Waals surface area contributed by atoms with E-state index in [0.717, 1.165) is 11.3 Å². The lowest BCUT2D eigenvalue weighted by Crippen LogP contribution is -2.11. The van der Waals surface area contributed by atoms with Crippen molar-refractivity contribution in [3.05, 3.63) is 53.6 Å². The minimum Gasteiger partial charge on any atom is -0.495 e. The Balaban J connectivity index is 1.82. The van der Waals surface area contributed by atoms with Crippen molar-refractivity contribution in [2.45, 2.75) is 16.8 Å². The summed E-state index contributed by atoms with van der Waals surface area (Å²) in [5, 5.41) is 9.51. The molecule has 0 saturated carbocycles. The second kappa shape index (κ2) is 7.62. The zero-order valence-corrected chi connectivity index (χ0v) is 16.0. The van der Waals surface area contributed by atoms with E-state index in [2.05, 4.69) is 10.2 Å². The molecular formula is C19H16ClN3O3S. The first-order valence-corrected chi connectivity index (χ1v) is 9.61. The van der Waals surface area contributed by atoms with E-state index in [0.29, 0.717) is 34.8 Å². The summed E-state index contributed by atoms with van der Waals surface area (Å²) in [5.41, 5.74) is 1.70. The van der Waals surface area contributed by atoms with Crippen LogP contribution in [0.5, 0.6) is 5.75 Å². The quantitative estimate of drug-likeness (QED) is 0.602. The van der Waals surface area contributed by atoms with Gasteiger partial charge in [0.15, 0.2) is 11.0 Å². The summed E-state index contributed by atoms with van der Waals surface area (Å²) in [6.45, 7) is 0.435. The lowest BCUT2D eigenvalue weighted by Gasteiger charge is -2.13. The molecule has 0 amide bonds. The van der Waals surface area contributed by atoms with Gasteiger partial charge in [-0.15, -0.1) is 10.2 Å². The maximum atomic E-state index is 11.9. The van der Waals surface area contributed by atoms with Gasteiger partial charge in [0.2, 0.25) is 0 Å². The van der Waals surface area contributed by atoms with Crippen LogP contribution in [0.3, 0.4) is 0 Å². The van der Waals surface area contributed by atoms with Crippen molar-refractivity contribution in [1.29, 1.82) is 0 Å². The highest BCUT2D eigenvalue weighted by Gasteiger charge is 2.30. The van der Waals surface area contributed by atoms with Crippen molar-refractivity contribution in [3.63, 3.8) is 0 Å². The van der Waals surface area contributed by atoms with E-state index in [4.69, 9.17) is 21.1 Å². The monoisotopic (exact) mass is 401 g/mol. The molecule has 1 fully saturated rings. The molecule has 0 N–H and O–H groups in total. The molecule has 1 aliphatic heterocycles. The SMILES string of the molecule is COc1ccc(-n2c(SC3CCOC3=O)nnc2-c2ccccc2)cc1Cl. The number of carbonyl (C=O) groups is 1. The summed E-state index contributed by atoms with van der Waals surface area (Å²) < 4.78 is 12.2. The maximum Gasteiger partial charge on any atom is 0.319 e. The number of thioether (sulfide) groups is 1. The first-order valence-electron chi connectivity index (χ1n) is 8.35. The van der Waals surface area contributed by atoms with Crippen LogP contribution in [0.2, 0.25) is 5.02 Å². The number of rotatable bonds is 5. The van der Waals surface area contributed by atoms with Crippen LogP contribution in [-0.2, 0) is 9.53 Å². The van der Waals surface area contributed by atoms with Gasteiger partial charge in [0.05, 0.1) is 24.4 Å². The largest absolute Gasteiger partial charge is 0.495 e. The average molecular weight is 402 g/mol. The summed E-state index contributed by atoms with van der Waals surface area (Å²) in [6, 6.07) is 15.2. The van der Waals surface area contributed by atoms with Crippen molar-refractivity contribution in [3.8, 4) is 22.8 Å². The molecule has 2 aromatic carbocycles. The molecule has 2 heterocycles. The average Bonchev–Trinajstić information content (AvgIpc) is 3.29. The van der Waals surface area contributed by atoms with Crippen LogP contribution in [0.25, 0.3) is 17.1 Å². The number of aromatic nitrogens is 3. The fourth-order valence-electron chi connectivity index (χ4n) is 2.86. The van der Waals surface area contributed by atoms with Gasteiger partial charge in [-0.3, -0.25) is 9.36 Å². The van der Waals surface area contributed by atoms with Crippen LogP contribution in [0, 0.1) is 0 Å². The molecule has 1 aromatic heterocycles. The van der Waals surface area contributed by atoms with Crippen molar-refractivity contribution in [2.24, 2.45) is 0 Å². The highest BCUT2D eigenvalue weighted by atomic mass is 35.5. The molecule has 0 spiro atoms. The van der Waals surface area contributed by atoms with E-state index in [-0.39, 0.29) is 11.2 Å². The number of methoxy groups -OCH3 is 1. The molecule has 1 aliphatic rings. The van der Waals surface area contributed by atoms with Gasteiger partial charge in [0, 0.05) is 12.0 Å². The van der Waals surface area contributed by atoms with Gasteiger partial charge >= 0.3 is 5.97 Å². The number of hydrogen-bond donors (Lipinski definition) is 0. The Morgan fingerprint density at radius 2 is 2.04 bits per heavy atom. The van der Waals surface area contributed by atoms with Crippen LogP contribution >= 0.6 is 23.4 Å². The third kappa shape index (κ3) is 3.52. The topological polar surface area (TPSA) is 66.2 Å². The summed E-state index contributed by atoms with van der Waals surface area (Å²) >= 11 is 7.68. The molecule has 0 bridgehead atoms. The minimum absolute atomic E-state index is 0.219. The summed E-state index contributed by atoms with van der Waals surface area (Å²) in [6.07, 6.45) is 0.653. The molecular weight excluding hydrogens is 386 g/mol. The molecule has 1 unspecified atom stereocenters. The lowest BCUT2D eigenvalue weighted by molar-refractivity contribution is -0.137. The van der Waals surface area contributed by atoms with Crippen molar-refractivity contribution in [1.82, 2.24) is 14.8 Å². The number of cyclic esters (lactones) is 1. The third-order valence-corrected chi connectivity index (χ3v) is 5.68. The van der Waals surface area contributed by atoms with Crippen molar-refractivity contribution < 1.29 is 14.3 Å². The zero-order chi connectivity index (χ0) is 18.8. The van der Waals surface area contributed by atoms with Gasteiger partial charge in [0.25, 0.3) is 0 Å². The van der Waals surface area contributed by atoms with Crippen LogP contribution in [0.1, 0.15) is 6.42 Å². The van der Waals surface area contributed by atoms with Crippen LogP contribution in [0.4, 0.5) is 0 Å². The second-order valence-electron chi connectivity index (χ2n) is 5.89. The standard InChI is InChI=1S/C19H16ClN3O3S/c1-25-15-8-7-13(11-14(15)20)23-17(12-5-3-2-4-6-12)21-22-19(23)27-16-9-10-26-18(16)24/h2-8,11,16H,9-10H2,1H3. The van der Waals surface area contributed by atoms with E-state index < -0.39 is 0 Å². The number of ether oxygens (including phenoxy) is 2. The van der Waals surface area contributed by atoms with E-state index in [1.165, 1.54) is 11.8 Å². The molecule has 4 rings (SSSR count). The van der Waals surface area contributed by atoms with E-state index >= 15 is 0 Å². The zero-order valence-electron chi connectivity index (χ0n) is 14.5. The molecule has 138 valence electrons. The van der Waals surface area contributed by atoms with Gasteiger partial charge in [-0.1, -0.05) is 53.7 Å². The third-order valence-electron chi connectivity index (χ3n) is 4.19. The number of carbonyl (C=O) groups excluding carboxylic acids is 1. The van der Waals surface area contributed by atoms with Crippen molar-refractivity contribution in [2.75, 3.05) is 13.7 Å². The fourth-order valence-corrected chi connectivity index (χ4v) is 4.13. The van der Waals surface area contributed by atoms with Gasteiger partial charge in [-0.05, 0) is 18.2 Å². The van der Waals surface area contributed by atoms with E-state index in [1.807, 2.05) is 41.0 Å². The maximum absolute atomic E-state index is 11.9. The highest BCUT2D eigenvalue weighted by Crippen LogP contribution is 2.35. The Hall–Kier alpha value is -2.51. The predicted molar refractivity (Wildman–Crippen MR) is 104 cm³/mol. The minimum atomic E-state index is -0.287. The second-order valence-corrected chi connectivity index (χ2v) is 7.47. The number of esters is 1. The highest BCUT2D eigenvalue weighted by molar-refractivity contribution is 8.00. The molecule has 0 aliphatic carbocycles. The van der Waals surface area contributed by atoms with Crippen LogP contribution < -0.4 is 4.74 Å². The lowest BCUT2D eigenvalue weighted by atomic mass is 10.2. The molecule has 27 heavy (non-hydrogen) atoms. The fraction of sp³-hybridized carbons (Fsp3) is 0.211. The molecule has 6 nitrogen and oxygen atoms in total. The number of halogens is 1. The van der Waals surface area contributed by atoms with Crippen LogP contribution in [0.15, 0.2) is 53.7 Å². The Kier molecular flexibility index (Phi) is 5.05. The van der Waals surface area contributed by atoms with Crippen molar-refractivity contribution >= 4 is 29.3 Å². The first kappa shape index (κ1) is 17.9. The van der Waals surface area contributed by atoms with E-state index in [9.17, 15) is 4.79 Å². The number of nitrogens with zero attached hydrogens (tertiary/aromatic N) is 3. The normalized spacial score (nSPS) is 16.4. The summed E-state index contributed by atoms with van der Waals surface area (Å²) in [5.74, 6) is 1.04. The van der Waals surface area contributed by atoms with Gasteiger partial charge < -0.3 is 9.47 Å². The van der Waals surface area contributed by atoms with Gasteiger partial charge in [-0.25, -0.2) is 0 Å². The Morgan fingerprint density at radius 3 is 2.70 bits per heavy atom. The molecule has 3 aromatic rings. The Bertz CT molecular complexity index is 978. The summed E-state index contributed by atoms with van der Waals surface area (Å²) in [7, 11) is 1.57. The van der Waals surface area contributed by atoms with Gasteiger partial charge in [0.1, 0.15) is 11.0 Å². The predicted octanol–water partition coefficient (Wildman–Crippen LogP) is 4.00. The van der Waals surface area contributed by atoms with Crippen LogP contribution in [-0.4, -0.2) is 39.7 Å².